The third-order valence-corrected chi connectivity index (χ3v) is 3.17. The number of carbonyl (C=O) groups is 3. The zero-order valence-corrected chi connectivity index (χ0v) is 12.0. The van der Waals surface area contributed by atoms with Crippen molar-refractivity contribution >= 4 is 17.8 Å². The Morgan fingerprint density at radius 3 is 2.26 bits per heavy atom. The largest absolute Gasteiger partial charge is 0.480 e. The van der Waals surface area contributed by atoms with E-state index in [4.69, 9.17) is 5.11 Å². The molecule has 0 saturated carbocycles. The molecule has 1 aromatic carbocycles. The number of aromatic nitrogens is 1. The maximum atomic E-state index is 12.0. The lowest BCUT2D eigenvalue weighted by atomic mass is 10.0. The van der Waals surface area contributed by atoms with Gasteiger partial charge in [0.25, 0.3) is 5.91 Å². The number of hydrogen-bond donors (Lipinski definition) is 3. The standard InChI is InChI=1S/C16H14N2O5/c19-14(12-2-1-7-17-9-12)18-13(16(22)23)8-10-3-5-11(6-4-10)15(20)21/h1-7,9,13H,8H2,(H,18,19)(H,20,21)(H,22,23)/t13-/m0/s1. The van der Waals surface area contributed by atoms with Gasteiger partial charge in [0.1, 0.15) is 6.04 Å². The predicted molar refractivity (Wildman–Crippen MR) is 80.2 cm³/mol. The molecule has 2 rings (SSSR count). The first kappa shape index (κ1) is 16.2. The summed E-state index contributed by atoms with van der Waals surface area (Å²) in [5.41, 5.74) is 0.980. The zero-order valence-electron chi connectivity index (χ0n) is 12.0. The molecule has 0 aliphatic rings. The Bertz CT molecular complexity index is 713. The smallest absolute Gasteiger partial charge is 0.335 e. The van der Waals surface area contributed by atoms with Crippen LogP contribution in [-0.2, 0) is 11.2 Å². The lowest BCUT2D eigenvalue weighted by molar-refractivity contribution is -0.139. The van der Waals surface area contributed by atoms with E-state index >= 15 is 0 Å². The van der Waals surface area contributed by atoms with Crippen LogP contribution in [-0.4, -0.2) is 39.1 Å². The average Bonchev–Trinajstić information content (AvgIpc) is 2.55. The van der Waals surface area contributed by atoms with Gasteiger partial charge in [-0.2, -0.15) is 0 Å². The minimum atomic E-state index is -1.18. The van der Waals surface area contributed by atoms with E-state index in [0.29, 0.717) is 5.56 Å². The summed E-state index contributed by atoms with van der Waals surface area (Å²) in [6, 6.07) is 7.81. The summed E-state index contributed by atoms with van der Waals surface area (Å²) in [7, 11) is 0. The van der Waals surface area contributed by atoms with Gasteiger partial charge in [0.2, 0.25) is 0 Å². The summed E-state index contributed by atoms with van der Waals surface area (Å²) in [6.45, 7) is 0. The molecule has 0 fully saturated rings. The second-order valence-electron chi connectivity index (χ2n) is 4.81. The molecule has 0 bridgehead atoms. The SMILES string of the molecule is O=C(O)c1ccc(C[C@H](NC(=O)c2cccnc2)C(=O)O)cc1. The van der Waals surface area contributed by atoms with E-state index in [1.54, 1.807) is 6.07 Å². The second kappa shape index (κ2) is 7.17. The van der Waals surface area contributed by atoms with Crippen LogP contribution in [0.25, 0.3) is 0 Å². The molecule has 0 saturated heterocycles. The van der Waals surface area contributed by atoms with E-state index in [1.807, 2.05) is 0 Å². The molecule has 1 amide bonds. The number of nitrogens with zero attached hydrogens (tertiary/aromatic N) is 1. The van der Waals surface area contributed by atoms with Gasteiger partial charge in [-0.05, 0) is 29.8 Å². The average molecular weight is 314 g/mol. The fraction of sp³-hybridized carbons (Fsp3) is 0.125. The maximum absolute atomic E-state index is 12.0. The van der Waals surface area contributed by atoms with Crippen LogP contribution in [0.5, 0.6) is 0 Å². The number of pyridine rings is 1. The number of amides is 1. The van der Waals surface area contributed by atoms with Crippen LogP contribution in [0.15, 0.2) is 48.8 Å². The Labute approximate surface area is 131 Å². The highest BCUT2D eigenvalue weighted by Gasteiger charge is 2.21. The number of aliphatic carboxylic acids is 1. The van der Waals surface area contributed by atoms with Crippen molar-refractivity contribution in [2.24, 2.45) is 0 Å². The van der Waals surface area contributed by atoms with Crippen LogP contribution in [0.4, 0.5) is 0 Å². The van der Waals surface area contributed by atoms with Gasteiger partial charge in [-0.3, -0.25) is 9.78 Å². The Morgan fingerprint density at radius 2 is 1.74 bits per heavy atom. The van der Waals surface area contributed by atoms with Crippen LogP contribution in [0.2, 0.25) is 0 Å². The van der Waals surface area contributed by atoms with Crippen LogP contribution in [0.1, 0.15) is 26.3 Å². The molecule has 1 aromatic heterocycles. The number of carboxylic acids is 2. The molecule has 0 aliphatic heterocycles. The first-order chi connectivity index (χ1) is 11.0. The molecule has 7 heteroatoms. The first-order valence-electron chi connectivity index (χ1n) is 6.73. The molecule has 7 nitrogen and oxygen atoms in total. The summed E-state index contributed by atoms with van der Waals surface area (Å²) in [4.78, 5) is 37.9. The molecule has 0 radical (unpaired) electrons. The van der Waals surface area contributed by atoms with E-state index in [2.05, 4.69) is 10.3 Å². The number of carboxylic acid groups (broad SMARTS) is 2. The van der Waals surface area contributed by atoms with Gasteiger partial charge >= 0.3 is 11.9 Å². The normalized spacial score (nSPS) is 11.5. The van der Waals surface area contributed by atoms with Crippen molar-refractivity contribution in [2.75, 3.05) is 0 Å². The Kier molecular flexibility index (Phi) is 5.03. The molecular weight excluding hydrogens is 300 g/mol. The third kappa shape index (κ3) is 4.37. The van der Waals surface area contributed by atoms with Gasteiger partial charge in [-0.15, -0.1) is 0 Å². The Morgan fingerprint density at radius 1 is 1.04 bits per heavy atom. The second-order valence-corrected chi connectivity index (χ2v) is 4.81. The molecular formula is C16H14N2O5. The highest BCUT2D eigenvalue weighted by atomic mass is 16.4. The van der Waals surface area contributed by atoms with Gasteiger partial charge in [0.05, 0.1) is 11.1 Å². The molecule has 118 valence electrons. The number of rotatable bonds is 6. The van der Waals surface area contributed by atoms with Gasteiger partial charge in [-0.1, -0.05) is 12.1 Å². The quantitative estimate of drug-likeness (QED) is 0.738. The number of nitrogens with one attached hydrogen (secondary N) is 1. The molecule has 0 unspecified atom stereocenters. The van der Waals surface area contributed by atoms with Crippen molar-refractivity contribution in [3.63, 3.8) is 0 Å². The van der Waals surface area contributed by atoms with Crippen molar-refractivity contribution in [1.29, 1.82) is 0 Å². The molecule has 1 heterocycles. The summed E-state index contributed by atoms with van der Waals surface area (Å²) >= 11 is 0. The van der Waals surface area contributed by atoms with Gasteiger partial charge in [-0.25, -0.2) is 9.59 Å². The molecule has 0 spiro atoms. The van der Waals surface area contributed by atoms with Crippen LogP contribution in [0, 0.1) is 0 Å². The number of benzene rings is 1. The Hall–Kier alpha value is -3.22. The summed E-state index contributed by atoms with van der Waals surface area (Å²) < 4.78 is 0. The van der Waals surface area contributed by atoms with Crippen molar-refractivity contribution in [2.45, 2.75) is 12.5 Å². The van der Waals surface area contributed by atoms with Crippen molar-refractivity contribution in [1.82, 2.24) is 10.3 Å². The Balaban J connectivity index is 2.08. The predicted octanol–water partition coefficient (Wildman–Crippen LogP) is 1.21. The van der Waals surface area contributed by atoms with E-state index in [9.17, 15) is 19.5 Å². The number of aromatic carboxylic acids is 1. The molecule has 0 aliphatic carbocycles. The maximum Gasteiger partial charge on any atom is 0.335 e. The van der Waals surface area contributed by atoms with Crippen molar-refractivity contribution < 1.29 is 24.6 Å². The topological polar surface area (TPSA) is 117 Å². The minimum absolute atomic E-state index is 0.0429. The van der Waals surface area contributed by atoms with Crippen LogP contribution in [0.3, 0.4) is 0 Å². The van der Waals surface area contributed by atoms with Gasteiger partial charge in [0, 0.05) is 18.8 Å². The van der Waals surface area contributed by atoms with E-state index in [1.165, 1.54) is 42.7 Å². The lowest BCUT2D eigenvalue weighted by Gasteiger charge is -2.14. The number of hydrogen-bond acceptors (Lipinski definition) is 4. The van der Waals surface area contributed by atoms with Crippen molar-refractivity contribution in [3.05, 3.63) is 65.5 Å². The fourth-order valence-electron chi connectivity index (χ4n) is 1.96. The summed E-state index contributed by atoms with van der Waals surface area (Å²) in [5, 5.41) is 20.5. The molecule has 1 atom stereocenters. The van der Waals surface area contributed by atoms with Crippen LogP contribution >= 0.6 is 0 Å². The third-order valence-electron chi connectivity index (χ3n) is 3.17. The van der Waals surface area contributed by atoms with Gasteiger partial charge < -0.3 is 15.5 Å². The highest BCUT2D eigenvalue weighted by molar-refractivity contribution is 5.96. The molecule has 23 heavy (non-hydrogen) atoms. The number of carbonyl (C=O) groups excluding carboxylic acids is 1. The van der Waals surface area contributed by atoms with E-state index in [0.717, 1.165) is 0 Å². The van der Waals surface area contributed by atoms with Crippen molar-refractivity contribution in [3.8, 4) is 0 Å². The van der Waals surface area contributed by atoms with Crippen LogP contribution < -0.4 is 5.32 Å². The zero-order chi connectivity index (χ0) is 16.8. The van der Waals surface area contributed by atoms with E-state index < -0.39 is 23.9 Å². The molecule has 3 N–H and O–H groups in total. The van der Waals surface area contributed by atoms with Gasteiger partial charge in [0.15, 0.2) is 0 Å². The highest BCUT2D eigenvalue weighted by Crippen LogP contribution is 2.08. The lowest BCUT2D eigenvalue weighted by Crippen LogP contribution is -2.42. The molecule has 2 aromatic rings. The van der Waals surface area contributed by atoms with E-state index in [-0.39, 0.29) is 17.5 Å². The monoisotopic (exact) mass is 314 g/mol. The summed E-state index contributed by atoms with van der Waals surface area (Å²) in [5.74, 6) is -2.77. The first-order valence-corrected chi connectivity index (χ1v) is 6.73. The summed E-state index contributed by atoms with van der Waals surface area (Å²) in [6.07, 6.45) is 2.90. The fourth-order valence-corrected chi connectivity index (χ4v) is 1.96. The minimum Gasteiger partial charge on any atom is -0.480 e.